The van der Waals surface area contributed by atoms with Gasteiger partial charge in [0, 0.05) is 24.4 Å². The minimum absolute atomic E-state index is 0.129. The zero-order chi connectivity index (χ0) is 20.8. The van der Waals surface area contributed by atoms with E-state index in [2.05, 4.69) is 22.9 Å². The van der Waals surface area contributed by atoms with Gasteiger partial charge in [-0.3, -0.25) is 9.69 Å². The summed E-state index contributed by atoms with van der Waals surface area (Å²) in [6, 6.07) is 15.0. The van der Waals surface area contributed by atoms with Crippen LogP contribution in [0, 0.1) is 0 Å². The SMILES string of the molecule is CCCCOC(=O)[C@@H]1Cc2c([nH]c3ccccc23)[C@@H]2N(C)c3ccccc3C(=O)N21. The van der Waals surface area contributed by atoms with Gasteiger partial charge in [0.2, 0.25) is 0 Å². The van der Waals surface area contributed by atoms with Crippen LogP contribution in [0.25, 0.3) is 10.9 Å². The zero-order valence-electron chi connectivity index (χ0n) is 17.2. The summed E-state index contributed by atoms with van der Waals surface area (Å²) in [7, 11) is 1.98. The lowest BCUT2D eigenvalue weighted by atomic mass is 9.91. The molecule has 3 aromatic rings. The van der Waals surface area contributed by atoms with E-state index in [1.54, 1.807) is 4.90 Å². The molecule has 2 aliphatic rings. The molecule has 154 valence electrons. The van der Waals surface area contributed by atoms with Crippen molar-refractivity contribution >= 4 is 28.5 Å². The van der Waals surface area contributed by atoms with Crippen molar-refractivity contribution in [3.8, 4) is 0 Å². The van der Waals surface area contributed by atoms with Gasteiger partial charge in [-0.25, -0.2) is 4.79 Å². The topological polar surface area (TPSA) is 65.6 Å². The van der Waals surface area contributed by atoms with Gasteiger partial charge >= 0.3 is 5.97 Å². The maximum absolute atomic E-state index is 13.5. The van der Waals surface area contributed by atoms with Crippen LogP contribution in [0.3, 0.4) is 0 Å². The van der Waals surface area contributed by atoms with Crippen molar-refractivity contribution in [2.45, 2.75) is 38.4 Å². The summed E-state index contributed by atoms with van der Waals surface area (Å²) >= 11 is 0. The van der Waals surface area contributed by atoms with Crippen molar-refractivity contribution in [1.82, 2.24) is 9.88 Å². The molecule has 0 fully saturated rings. The minimum atomic E-state index is -0.651. The van der Waals surface area contributed by atoms with E-state index >= 15 is 0 Å². The number of amides is 1. The molecule has 0 unspecified atom stereocenters. The van der Waals surface area contributed by atoms with Gasteiger partial charge < -0.3 is 14.6 Å². The number of aromatic amines is 1. The summed E-state index contributed by atoms with van der Waals surface area (Å²) in [5.74, 6) is -0.457. The van der Waals surface area contributed by atoms with Gasteiger partial charge in [-0.05, 0) is 30.2 Å². The second kappa shape index (κ2) is 7.20. The zero-order valence-corrected chi connectivity index (χ0v) is 17.2. The number of nitrogens with one attached hydrogen (secondary N) is 1. The fourth-order valence-electron chi connectivity index (χ4n) is 4.74. The van der Waals surface area contributed by atoms with Gasteiger partial charge in [-0.1, -0.05) is 43.7 Å². The number of ether oxygens (including phenoxy) is 1. The highest BCUT2D eigenvalue weighted by Crippen LogP contribution is 2.45. The minimum Gasteiger partial charge on any atom is -0.464 e. The van der Waals surface area contributed by atoms with Gasteiger partial charge in [0.1, 0.15) is 12.2 Å². The Morgan fingerprint density at radius 3 is 2.77 bits per heavy atom. The normalized spacial score (nSPS) is 20.0. The lowest BCUT2D eigenvalue weighted by Crippen LogP contribution is -2.58. The highest BCUT2D eigenvalue weighted by atomic mass is 16.5. The van der Waals surface area contributed by atoms with Gasteiger partial charge in [0.25, 0.3) is 5.91 Å². The first kappa shape index (κ1) is 18.7. The molecule has 0 radical (unpaired) electrons. The predicted octanol–water partition coefficient (Wildman–Crippen LogP) is 4.03. The molecule has 2 atom stereocenters. The van der Waals surface area contributed by atoms with Crippen molar-refractivity contribution in [2.24, 2.45) is 0 Å². The monoisotopic (exact) mass is 403 g/mol. The summed E-state index contributed by atoms with van der Waals surface area (Å²) in [6.07, 6.45) is 1.83. The molecule has 0 spiro atoms. The predicted molar refractivity (Wildman–Crippen MR) is 115 cm³/mol. The van der Waals surface area contributed by atoms with Crippen molar-refractivity contribution in [1.29, 1.82) is 0 Å². The van der Waals surface area contributed by atoms with Crippen LogP contribution in [0.2, 0.25) is 0 Å². The fourth-order valence-corrected chi connectivity index (χ4v) is 4.74. The summed E-state index contributed by atoms with van der Waals surface area (Å²) in [4.78, 5) is 34.0. The van der Waals surface area contributed by atoms with Crippen LogP contribution >= 0.6 is 0 Å². The molecular formula is C24H25N3O3. The second-order valence-electron chi connectivity index (χ2n) is 8.02. The van der Waals surface area contributed by atoms with Crippen LogP contribution in [0.4, 0.5) is 5.69 Å². The van der Waals surface area contributed by atoms with E-state index in [9.17, 15) is 9.59 Å². The summed E-state index contributed by atoms with van der Waals surface area (Å²) < 4.78 is 5.58. The van der Waals surface area contributed by atoms with Crippen LogP contribution in [0.15, 0.2) is 48.5 Å². The number of anilines is 1. The number of nitrogens with zero attached hydrogens (tertiary/aromatic N) is 2. The maximum Gasteiger partial charge on any atom is 0.329 e. The maximum atomic E-state index is 13.5. The number of hydrogen-bond donors (Lipinski definition) is 1. The van der Waals surface area contributed by atoms with Gasteiger partial charge in [0.05, 0.1) is 23.6 Å². The van der Waals surface area contributed by atoms with Crippen LogP contribution in [-0.2, 0) is 16.0 Å². The number of hydrogen-bond acceptors (Lipinski definition) is 4. The molecule has 5 rings (SSSR count). The first-order valence-electron chi connectivity index (χ1n) is 10.5. The van der Waals surface area contributed by atoms with E-state index in [0.29, 0.717) is 18.6 Å². The fraction of sp³-hybridized carbons (Fsp3) is 0.333. The number of unbranched alkanes of at least 4 members (excludes halogenated alkanes) is 1. The Hall–Kier alpha value is -3.28. The summed E-state index contributed by atoms with van der Waals surface area (Å²) in [5.41, 5.74) is 4.56. The number of fused-ring (bicyclic) bond motifs is 6. The molecule has 1 amide bonds. The Labute approximate surface area is 175 Å². The Morgan fingerprint density at radius 1 is 1.17 bits per heavy atom. The van der Waals surface area contributed by atoms with E-state index in [-0.39, 0.29) is 18.0 Å². The second-order valence-corrected chi connectivity index (χ2v) is 8.02. The first-order valence-corrected chi connectivity index (χ1v) is 10.5. The van der Waals surface area contributed by atoms with Crippen molar-refractivity contribution in [2.75, 3.05) is 18.6 Å². The molecule has 3 heterocycles. The van der Waals surface area contributed by atoms with E-state index in [4.69, 9.17) is 4.74 Å². The van der Waals surface area contributed by atoms with Crippen LogP contribution < -0.4 is 4.90 Å². The highest BCUT2D eigenvalue weighted by molar-refractivity contribution is 6.04. The molecule has 30 heavy (non-hydrogen) atoms. The van der Waals surface area contributed by atoms with Crippen LogP contribution in [-0.4, -0.2) is 41.5 Å². The number of para-hydroxylation sites is 2. The first-order chi connectivity index (χ1) is 14.6. The summed E-state index contributed by atoms with van der Waals surface area (Å²) in [6.45, 7) is 2.44. The Bertz CT molecular complexity index is 1140. The smallest absolute Gasteiger partial charge is 0.329 e. The molecule has 0 aliphatic carbocycles. The molecule has 2 aliphatic heterocycles. The number of H-pyrrole nitrogens is 1. The van der Waals surface area contributed by atoms with E-state index in [1.807, 2.05) is 49.5 Å². The third-order valence-electron chi connectivity index (χ3n) is 6.23. The van der Waals surface area contributed by atoms with E-state index in [1.165, 1.54) is 0 Å². The molecule has 0 saturated carbocycles. The Kier molecular flexibility index (Phi) is 4.50. The molecule has 1 aromatic heterocycles. The largest absolute Gasteiger partial charge is 0.464 e. The van der Waals surface area contributed by atoms with Gasteiger partial charge in [0.15, 0.2) is 0 Å². The average Bonchev–Trinajstić information content (AvgIpc) is 3.15. The summed E-state index contributed by atoms with van der Waals surface area (Å²) in [5, 5.41) is 1.10. The molecule has 6 heteroatoms. The van der Waals surface area contributed by atoms with Gasteiger partial charge in [-0.15, -0.1) is 0 Å². The van der Waals surface area contributed by atoms with Crippen molar-refractivity contribution in [3.05, 3.63) is 65.4 Å². The molecule has 0 saturated heterocycles. The third-order valence-corrected chi connectivity index (χ3v) is 6.23. The lowest BCUT2D eigenvalue weighted by molar-refractivity contribution is -0.150. The van der Waals surface area contributed by atoms with Crippen LogP contribution in [0.1, 0.15) is 47.5 Å². The Balaban J connectivity index is 1.66. The number of aromatic nitrogens is 1. The third kappa shape index (κ3) is 2.70. The molecular weight excluding hydrogens is 378 g/mol. The number of rotatable bonds is 4. The Morgan fingerprint density at radius 2 is 1.93 bits per heavy atom. The number of carbonyl (C=O) groups excluding carboxylic acids is 2. The number of carbonyl (C=O) groups is 2. The molecule has 1 N–H and O–H groups in total. The number of benzene rings is 2. The van der Waals surface area contributed by atoms with E-state index in [0.717, 1.165) is 40.7 Å². The quantitative estimate of drug-likeness (QED) is 0.528. The lowest BCUT2D eigenvalue weighted by Gasteiger charge is -2.48. The van der Waals surface area contributed by atoms with Crippen LogP contribution in [0.5, 0.6) is 0 Å². The standard InChI is InChI=1S/C24H25N3O3/c1-3-4-13-30-24(29)20-14-17-15-9-5-7-11-18(15)25-21(17)22-26(2)19-12-8-6-10-16(19)23(28)27(20)22/h5-12,20,22,25H,3-4,13-14H2,1-2H3/t20-,22+/m0/s1. The molecule has 6 nitrogen and oxygen atoms in total. The van der Waals surface area contributed by atoms with Crippen molar-refractivity contribution in [3.63, 3.8) is 0 Å². The van der Waals surface area contributed by atoms with E-state index < -0.39 is 6.04 Å². The number of esters is 1. The highest BCUT2D eigenvalue weighted by Gasteiger charge is 2.48. The molecule has 2 aromatic carbocycles. The van der Waals surface area contributed by atoms with Gasteiger partial charge in [-0.2, -0.15) is 0 Å². The average molecular weight is 403 g/mol. The van der Waals surface area contributed by atoms with Crippen molar-refractivity contribution < 1.29 is 14.3 Å². The molecule has 0 bridgehead atoms.